The van der Waals surface area contributed by atoms with Crippen molar-refractivity contribution in [2.24, 2.45) is 0 Å². The topological polar surface area (TPSA) is 69.7 Å². The first-order valence-corrected chi connectivity index (χ1v) is 9.67. The minimum atomic E-state index is -3.29. The molecule has 1 heterocycles. The van der Waals surface area contributed by atoms with Crippen LogP contribution in [0.25, 0.3) is 0 Å². The zero-order chi connectivity index (χ0) is 16.9. The highest BCUT2D eigenvalue weighted by atomic mass is 32.2. The van der Waals surface area contributed by atoms with Crippen molar-refractivity contribution in [3.63, 3.8) is 0 Å². The number of sulfonamides is 1. The quantitative estimate of drug-likeness (QED) is 0.859. The highest BCUT2D eigenvalue weighted by molar-refractivity contribution is 7.92. The lowest BCUT2D eigenvalue weighted by atomic mass is 10.2. The highest BCUT2D eigenvalue weighted by Gasteiger charge is 2.19. The Hall–Kier alpha value is -1.76. The maximum absolute atomic E-state index is 12.0. The van der Waals surface area contributed by atoms with E-state index in [4.69, 9.17) is 0 Å². The summed E-state index contributed by atoms with van der Waals surface area (Å²) in [6, 6.07) is 7.43. The van der Waals surface area contributed by atoms with Gasteiger partial charge in [0.2, 0.25) is 15.9 Å². The number of hydrogen-bond donors (Lipinski definition) is 1. The predicted molar refractivity (Wildman–Crippen MR) is 93.2 cm³/mol. The molecule has 1 amide bonds. The molecular weight excluding hydrogens is 314 g/mol. The molecule has 1 saturated heterocycles. The van der Waals surface area contributed by atoms with Crippen LogP contribution in [0.15, 0.2) is 24.3 Å². The Morgan fingerprint density at radius 2 is 1.91 bits per heavy atom. The van der Waals surface area contributed by atoms with Gasteiger partial charge in [0.1, 0.15) is 0 Å². The molecule has 1 aromatic carbocycles. The third kappa shape index (κ3) is 5.13. The maximum Gasteiger partial charge on any atom is 0.232 e. The first kappa shape index (κ1) is 17.6. The molecule has 0 aromatic heterocycles. The van der Waals surface area contributed by atoms with Crippen LogP contribution < -0.4 is 9.62 Å². The first-order valence-electron chi connectivity index (χ1n) is 8.02. The standard InChI is InChI=1S/C16H25N3O3S/c1-3-4-12-23(21,22)17-15-6-5-7-16(13-15)19-10-8-18(9-11-19)14(2)20/h5-7,13,17H,3-4,8-12H2,1-2H3. The lowest BCUT2D eigenvalue weighted by molar-refractivity contribution is -0.129. The van der Waals surface area contributed by atoms with E-state index in [9.17, 15) is 13.2 Å². The van der Waals surface area contributed by atoms with Crippen LogP contribution in [0.1, 0.15) is 26.7 Å². The summed E-state index contributed by atoms with van der Waals surface area (Å²) in [5, 5.41) is 0. The van der Waals surface area contributed by atoms with E-state index in [0.29, 0.717) is 25.2 Å². The number of anilines is 2. The lowest BCUT2D eigenvalue weighted by Crippen LogP contribution is -2.48. The van der Waals surface area contributed by atoms with E-state index in [0.717, 1.165) is 25.2 Å². The van der Waals surface area contributed by atoms with Crippen molar-refractivity contribution in [1.29, 1.82) is 0 Å². The van der Waals surface area contributed by atoms with Gasteiger partial charge >= 0.3 is 0 Å². The van der Waals surface area contributed by atoms with Crippen LogP contribution in [0, 0.1) is 0 Å². The maximum atomic E-state index is 12.0. The molecule has 0 atom stereocenters. The summed E-state index contributed by atoms with van der Waals surface area (Å²) in [4.78, 5) is 15.4. The van der Waals surface area contributed by atoms with Crippen molar-refractivity contribution in [2.45, 2.75) is 26.7 Å². The predicted octanol–water partition coefficient (Wildman–Crippen LogP) is 1.90. The van der Waals surface area contributed by atoms with E-state index >= 15 is 0 Å². The normalized spacial score (nSPS) is 15.6. The Bertz CT molecular complexity index is 638. The minimum absolute atomic E-state index is 0.0992. The minimum Gasteiger partial charge on any atom is -0.368 e. The summed E-state index contributed by atoms with van der Waals surface area (Å²) >= 11 is 0. The van der Waals surface area contributed by atoms with Crippen molar-refractivity contribution < 1.29 is 13.2 Å². The molecule has 0 bridgehead atoms. The van der Waals surface area contributed by atoms with Gasteiger partial charge in [-0.3, -0.25) is 9.52 Å². The number of benzene rings is 1. The first-order chi connectivity index (χ1) is 10.9. The number of nitrogens with one attached hydrogen (secondary N) is 1. The van der Waals surface area contributed by atoms with Gasteiger partial charge in [-0.1, -0.05) is 19.4 Å². The van der Waals surface area contributed by atoms with Gasteiger partial charge in [-0.05, 0) is 24.6 Å². The average molecular weight is 339 g/mol. The van der Waals surface area contributed by atoms with Gasteiger partial charge in [-0.15, -0.1) is 0 Å². The molecule has 1 aliphatic heterocycles. The molecule has 1 aliphatic rings. The fourth-order valence-corrected chi connectivity index (χ4v) is 3.87. The average Bonchev–Trinajstić information content (AvgIpc) is 2.53. The van der Waals surface area contributed by atoms with Gasteiger partial charge in [-0.25, -0.2) is 8.42 Å². The van der Waals surface area contributed by atoms with Crippen molar-refractivity contribution in [3.8, 4) is 0 Å². The van der Waals surface area contributed by atoms with Crippen molar-refractivity contribution >= 4 is 27.3 Å². The van der Waals surface area contributed by atoms with Gasteiger partial charge in [0, 0.05) is 38.8 Å². The summed E-state index contributed by atoms with van der Waals surface area (Å²) in [5.41, 5.74) is 1.57. The second kappa shape index (κ2) is 7.68. The monoisotopic (exact) mass is 339 g/mol. The third-order valence-corrected chi connectivity index (χ3v) is 5.35. The number of carbonyl (C=O) groups excluding carboxylic acids is 1. The Balaban J connectivity index is 2.02. The molecule has 1 fully saturated rings. The summed E-state index contributed by atoms with van der Waals surface area (Å²) in [7, 11) is -3.29. The van der Waals surface area contributed by atoms with Crippen molar-refractivity contribution in [3.05, 3.63) is 24.3 Å². The van der Waals surface area contributed by atoms with E-state index < -0.39 is 10.0 Å². The number of amides is 1. The van der Waals surface area contributed by atoms with Crippen LogP contribution in [0.2, 0.25) is 0 Å². The number of piperazine rings is 1. The van der Waals surface area contributed by atoms with Crippen LogP contribution in [0.4, 0.5) is 11.4 Å². The SMILES string of the molecule is CCCCS(=O)(=O)Nc1cccc(N2CCN(C(C)=O)CC2)c1. The summed E-state index contributed by atoms with van der Waals surface area (Å²) in [5.74, 6) is 0.243. The summed E-state index contributed by atoms with van der Waals surface area (Å²) in [6.07, 6.45) is 1.50. The third-order valence-electron chi connectivity index (χ3n) is 3.98. The molecule has 23 heavy (non-hydrogen) atoms. The Kier molecular flexibility index (Phi) is 5.87. The number of nitrogens with zero attached hydrogens (tertiary/aromatic N) is 2. The molecule has 0 unspecified atom stereocenters. The second-order valence-electron chi connectivity index (χ2n) is 5.82. The van der Waals surface area contributed by atoms with E-state index in [1.165, 1.54) is 0 Å². The zero-order valence-electron chi connectivity index (χ0n) is 13.8. The number of carbonyl (C=O) groups is 1. The fraction of sp³-hybridized carbons (Fsp3) is 0.562. The smallest absolute Gasteiger partial charge is 0.232 e. The number of rotatable bonds is 6. The lowest BCUT2D eigenvalue weighted by Gasteiger charge is -2.35. The molecule has 1 aromatic rings. The molecule has 2 rings (SSSR count). The Morgan fingerprint density at radius 3 is 2.52 bits per heavy atom. The van der Waals surface area contributed by atoms with E-state index in [1.54, 1.807) is 13.0 Å². The Labute approximate surface area is 138 Å². The van der Waals surface area contributed by atoms with E-state index in [1.807, 2.05) is 30.0 Å². The van der Waals surface area contributed by atoms with Gasteiger partial charge < -0.3 is 9.80 Å². The molecule has 128 valence electrons. The summed E-state index contributed by atoms with van der Waals surface area (Å²) < 4.78 is 26.6. The highest BCUT2D eigenvalue weighted by Crippen LogP contribution is 2.22. The van der Waals surface area contributed by atoms with Crippen LogP contribution in [-0.2, 0) is 14.8 Å². The number of hydrogen-bond acceptors (Lipinski definition) is 4. The van der Waals surface area contributed by atoms with Gasteiger partial charge in [0.15, 0.2) is 0 Å². The zero-order valence-corrected chi connectivity index (χ0v) is 14.6. The molecule has 7 heteroatoms. The van der Waals surface area contributed by atoms with Crippen LogP contribution >= 0.6 is 0 Å². The van der Waals surface area contributed by atoms with Crippen LogP contribution in [0.3, 0.4) is 0 Å². The Morgan fingerprint density at radius 1 is 1.22 bits per heavy atom. The summed E-state index contributed by atoms with van der Waals surface area (Å²) in [6.45, 7) is 6.46. The van der Waals surface area contributed by atoms with Gasteiger partial charge in [0.05, 0.1) is 11.4 Å². The largest absolute Gasteiger partial charge is 0.368 e. The molecule has 0 radical (unpaired) electrons. The second-order valence-corrected chi connectivity index (χ2v) is 7.66. The molecule has 0 aliphatic carbocycles. The van der Waals surface area contributed by atoms with Gasteiger partial charge in [0.25, 0.3) is 0 Å². The fourth-order valence-electron chi connectivity index (χ4n) is 2.61. The molecule has 0 spiro atoms. The molecular formula is C16H25N3O3S. The van der Waals surface area contributed by atoms with E-state index in [2.05, 4.69) is 9.62 Å². The number of unbranched alkanes of at least 4 members (excludes halogenated alkanes) is 1. The van der Waals surface area contributed by atoms with Gasteiger partial charge in [-0.2, -0.15) is 0 Å². The van der Waals surface area contributed by atoms with Crippen LogP contribution in [0.5, 0.6) is 0 Å². The van der Waals surface area contributed by atoms with Crippen molar-refractivity contribution in [1.82, 2.24) is 4.90 Å². The molecule has 1 N–H and O–H groups in total. The van der Waals surface area contributed by atoms with E-state index in [-0.39, 0.29) is 11.7 Å². The van der Waals surface area contributed by atoms with Crippen molar-refractivity contribution in [2.75, 3.05) is 41.6 Å². The molecule has 0 saturated carbocycles. The molecule has 6 nitrogen and oxygen atoms in total. The van der Waals surface area contributed by atoms with Crippen LogP contribution in [-0.4, -0.2) is 51.2 Å².